The van der Waals surface area contributed by atoms with Gasteiger partial charge in [0.1, 0.15) is 0 Å². The Morgan fingerprint density at radius 3 is 2.36 bits per heavy atom. The van der Waals surface area contributed by atoms with Crippen molar-refractivity contribution in [2.75, 3.05) is 30.4 Å². The summed E-state index contributed by atoms with van der Waals surface area (Å²) in [6, 6.07) is 16.1. The van der Waals surface area contributed by atoms with Crippen LogP contribution in [-0.2, 0) is 14.3 Å². The minimum absolute atomic E-state index is 0.150. The van der Waals surface area contributed by atoms with Gasteiger partial charge in [-0.1, -0.05) is 30.3 Å². The van der Waals surface area contributed by atoms with Gasteiger partial charge >= 0.3 is 6.09 Å². The minimum Gasteiger partial charge on any atom is -0.449 e. The summed E-state index contributed by atoms with van der Waals surface area (Å²) in [5.74, 6) is -0.710. The molecule has 3 amide bonds. The third kappa shape index (κ3) is 6.60. The lowest BCUT2D eigenvalue weighted by Crippen LogP contribution is -2.31. The third-order valence-corrected chi connectivity index (χ3v) is 3.73. The predicted molar refractivity (Wildman–Crippen MR) is 109 cm³/mol. The molecule has 0 aliphatic rings. The molecule has 0 atom stereocenters. The highest BCUT2D eigenvalue weighted by molar-refractivity contribution is 5.98. The minimum atomic E-state index is -0.453. The van der Waals surface area contributed by atoms with E-state index in [1.54, 1.807) is 44.3 Å². The maximum absolute atomic E-state index is 12.0. The molecule has 0 aliphatic heterocycles. The van der Waals surface area contributed by atoms with Gasteiger partial charge in [-0.3, -0.25) is 14.5 Å². The highest BCUT2D eigenvalue weighted by Crippen LogP contribution is 2.17. The Morgan fingerprint density at radius 2 is 1.71 bits per heavy atom. The van der Waals surface area contributed by atoms with E-state index in [1.807, 2.05) is 30.3 Å². The summed E-state index contributed by atoms with van der Waals surface area (Å²) in [7, 11) is 1.60. The van der Waals surface area contributed by atoms with E-state index in [9.17, 15) is 14.4 Å². The smallest absolute Gasteiger partial charge is 0.413 e. The number of rotatable bonds is 7. The number of anilines is 2. The van der Waals surface area contributed by atoms with Crippen LogP contribution in [-0.4, -0.2) is 38.1 Å². The van der Waals surface area contributed by atoms with Crippen molar-refractivity contribution in [3.05, 3.63) is 66.2 Å². The highest BCUT2D eigenvalue weighted by Gasteiger charge is 2.11. The van der Waals surface area contributed by atoms with E-state index < -0.39 is 6.09 Å². The topological polar surface area (TPSA) is 87.7 Å². The molecule has 146 valence electrons. The molecule has 0 fully saturated rings. The molecule has 0 saturated carbocycles. The molecule has 2 rings (SSSR count). The van der Waals surface area contributed by atoms with Crippen molar-refractivity contribution in [3.63, 3.8) is 0 Å². The SMILES string of the molecule is CCOC(=O)N(C)c1ccc(NC(=O)CNC(=O)/C=C/c2ccccc2)cc1. The Balaban J connectivity index is 1.80. The molecule has 2 aromatic carbocycles. The number of benzene rings is 2. The first-order chi connectivity index (χ1) is 13.5. The Bertz CT molecular complexity index is 832. The van der Waals surface area contributed by atoms with Gasteiger partial charge in [0.15, 0.2) is 0 Å². The fourth-order valence-corrected chi connectivity index (χ4v) is 2.26. The molecule has 0 bridgehead atoms. The summed E-state index contributed by atoms with van der Waals surface area (Å²) in [6.45, 7) is 1.88. The molecule has 2 aromatic rings. The average molecular weight is 381 g/mol. The summed E-state index contributed by atoms with van der Waals surface area (Å²) >= 11 is 0. The van der Waals surface area contributed by atoms with Crippen LogP contribution in [0.1, 0.15) is 12.5 Å². The second-order valence-electron chi connectivity index (χ2n) is 5.81. The Kier molecular flexibility index (Phi) is 7.77. The first kappa shape index (κ1) is 20.7. The fourth-order valence-electron chi connectivity index (χ4n) is 2.26. The molecular weight excluding hydrogens is 358 g/mol. The molecule has 7 heteroatoms. The number of hydrogen-bond acceptors (Lipinski definition) is 4. The molecule has 0 heterocycles. The third-order valence-electron chi connectivity index (χ3n) is 3.73. The van der Waals surface area contributed by atoms with Crippen LogP contribution in [0.15, 0.2) is 60.7 Å². The zero-order chi connectivity index (χ0) is 20.4. The maximum Gasteiger partial charge on any atom is 0.413 e. The van der Waals surface area contributed by atoms with E-state index in [0.29, 0.717) is 18.0 Å². The normalized spacial score (nSPS) is 10.4. The number of nitrogens with one attached hydrogen (secondary N) is 2. The van der Waals surface area contributed by atoms with Crippen LogP contribution in [0.5, 0.6) is 0 Å². The summed E-state index contributed by atoms with van der Waals surface area (Å²) in [6.07, 6.45) is 2.60. The van der Waals surface area contributed by atoms with Crippen molar-refractivity contribution in [2.24, 2.45) is 0 Å². The summed E-state index contributed by atoms with van der Waals surface area (Å²) in [4.78, 5) is 36.8. The van der Waals surface area contributed by atoms with Gasteiger partial charge in [-0.15, -0.1) is 0 Å². The van der Waals surface area contributed by atoms with Crippen molar-refractivity contribution in [1.29, 1.82) is 0 Å². The molecule has 2 N–H and O–H groups in total. The second kappa shape index (κ2) is 10.5. The van der Waals surface area contributed by atoms with Crippen LogP contribution < -0.4 is 15.5 Å². The second-order valence-corrected chi connectivity index (χ2v) is 5.81. The van der Waals surface area contributed by atoms with Crippen molar-refractivity contribution < 1.29 is 19.1 Å². The lowest BCUT2D eigenvalue weighted by molar-refractivity contribution is -0.121. The summed E-state index contributed by atoms with van der Waals surface area (Å²) < 4.78 is 4.93. The molecule has 0 aliphatic carbocycles. The van der Waals surface area contributed by atoms with E-state index in [0.717, 1.165) is 5.56 Å². The lowest BCUT2D eigenvalue weighted by atomic mass is 10.2. The largest absolute Gasteiger partial charge is 0.449 e. The van der Waals surface area contributed by atoms with Crippen LogP contribution in [0.4, 0.5) is 16.2 Å². The van der Waals surface area contributed by atoms with Gasteiger partial charge in [0.25, 0.3) is 0 Å². The van der Waals surface area contributed by atoms with Crippen LogP contribution in [0.2, 0.25) is 0 Å². The number of carbonyl (C=O) groups excluding carboxylic acids is 3. The van der Waals surface area contributed by atoms with Crippen molar-refractivity contribution in [1.82, 2.24) is 5.32 Å². The first-order valence-electron chi connectivity index (χ1n) is 8.81. The van der Waals surface area contributed by atoms with Crippen LogP contribution >= 0.6 is 0 Å². The number of nitrogens with zero attached hydrogens (tertiary/aromatic N) is 1. The Morgan fingerprint density at radius 1 is 1.04 bits per heavy atom. The molecule has 0 unspecified atom stereocenters. The van der Waals surface area contributed by atoms with Crippen LogP contribution in [0.3, 0.4) is 0 Å². The Hall–Kier alpha value is -3.61. The summed E-state index contributed by atoms with van der Waals surface area (Å²) in [5, 5.41) is 5.20. The van der Waals surface area contributed by atoms with Crippen LogP contribution in [0, 0.1) is 0 Å². The van der Waals surface area contributed by atoms with Gasteiger partial charge in [-0.05, 0) is 42.8 Å². The van der Waals surface area contributed by atoms with Crippen molar-refractivity contribution in [2.45, 2.75) is 6.92 Å². The number of carbonyl (C=O) groups is 3. The number of hydrogen-bond donors (Lipinski definition) is 2. The van der Waals surface area contributed by atoms with Crippen molar-refractivity contribution >= 4 is 35.4 Å². The van der Waals surface area contributed by atoms with Gasteiger partial charge in [0, 0.05) is 24.5 Å². The summed E-state index contributed by atoms with van der Waals surface area (Å²) in [5.41, 5.74) is 2.09. The van der Waals surface area contributed by atoms with Crippen LogP contribution in [0.25, 0.3) is 6.08 Å². The Labute approximate surface area is 164 Å². The molecule has 0 saturated heterocycles. The van der Waals surface area contributed by atoms with Gasteiger partial charge in [0.05, 0.1) is 13.2 Å². The van der Waals surface area contributed by atoms with E-state index >= 15 is 0 Å². The van der Waals surface area contributed by atoms with Gasteiger partial charge in [-0.25, -0.2) is 4.79 Å². The van der Waals surface area contributed by atoms with Gasteiger partial charge in [0.2, 0.25) is 11.8 Å². The maximum atomic E-state index is 12.0. The van der Waals surface area contributed by atoms with E-state index in [1.165, 1.54) is 11.0 Å². The number of ether oxygens (including phenoxy) is 1. The van der Waals surface area contributed by atoms with Gasteiger partial charge in [-0.2, -0.15) is 0 Å². The predicted octanol–water partition coefficient (Wildman–Crippen LogP) is 3.05. The van der Waals surface area contributed by atoms with E-state index in [2.05, 4.69) is 10.6 Å². The standard InChI is InChI=1S/C21H23N3O4/c1-3-28-21(27)24(2)18-12-10-17(11-13-18)23-20(26)15-22-19(25)14-9-16-7-5-4-6-8-16/h4-14H,3,15H2,1-2H3,(H,22,25)(H,23,26)/b14-9+. The van der Waals surface area contributed by atoms with Gasteiger partial charge < -0.3 is 15.4 Å². The molecule has 0 aromatic heterocycles. The molecule has 0 spiro atoms. The number of amides is 3. The quantitative estimate of drug-likeness (QED) is 0.722. The lowest BCUT2D eigenvalue weighted by Gasteiger charge is -2.16. The van der Waals surface area contributed by atoms with E-state index in [4.69, 9.17) is 4.74 Å². The monoisotopic (exact) mass is 381 g/mol. The molecule has 28 heavy (non-hydrogen) atoms. The van der Waals surface area contributed by atoms with Crippen molar-refractivity contribution in [3.8, 4) is 0 Å². The molecule has 7 nitrogen and oxygen atoms in total. The zero-order valence-corrected chi connectivity index (χ0v) is 15.8. The fraction of sp³-hybridized carbons (Fsp3) is 0.190. The van der Waals surface area contributed by atoms with E-state index in [-0.39, 0.29) is 18.4 Å². The zero-order valence-electron chi connectivity index (χ0n) is 15.8. The molecular formula is C21H23N3O4. The average Bonchev–Trinajstić information content (AvgIpc) is 2.71. The first-order valence-corrected chi connectivity index (χ1v) is 8.81. The molecule has 0 radical (unpaired) electrons. The highest BCUT2D eigenvalue weighted by atomic mass is 16.6.